The van der Waals surface area contributed by atoms with Crippen molar-refractivity contribution in [3.63, 3.8) is 0 Å². The van der Waals surface area contributed by atoms with E-state index >= 15 is 0 Å². The first-order valence-corrected chi connectivity index (χ1v) is 15.1. The van der Waals surface area contributed by atoms with Gasteiger partial charge >= 0.3 is 12.2 Å². The van der Waals surface area contributed by atoms with Gasteiger partial charge in [0.1, 0.15) is 0 Å². The third kappa shape index (κ3) is 6.61. The third-order valence-corrected chi connectivity index (χ3v) is 9.46. The standard InChI is InChI=1S/C28H33F3N6O3S/c29-28(30,31)25-8-4-5-9-26(25)41(39,40)37(19-22-18-32-20-33-22)24-12-10-23(11-13-24)35-14-16-36(17-15-35)27(38)34-21-6-2-1-3-7-21/h4-5,8-13,18,20-21H,1-3,6-7,14-17,19H2,(H,32,33)(H,34,38). The summed E-state index contributed by atoms with van der Waals surface area (Å²) in [6.07, 6.45) is 3.51. The number of sulfonamides is 1. The zero-order chi connectivity index (χ0) is 29.0. The van der Waals surface area contributed by atoms with Crippen LogP contribution in [0.2, 0.25) is 0 Å². The predicted octanol–water partition coefficient (Wildman–Crippen LogP) is 4.99. The van der Waals surface area contributed by atoms with E-state index in [0.29, 0.717) is 31.9 Å². The molecule has 0 spiro atoms. The van der Waals surface area contributed by atoms with Crippen LogP contribution >= 0.6 is 0 Å². The van der Waals surface area contributed by atoms with Crippen LogP contribution in [-0.4, -0.2) is 61.5 Å². The fraction of sp³-hybridized carbons (Fsp3) is 0.429. The lowest BCUT2D eigenvalue weighted by atomic mass is 9.96. The summed E-state index contributed by atoms with van der Waals surface area (Å²) in [7, 11) is -4.61. The van der Waals surface area contributed by atoms with Crippen molar-refractivity contribution in [3.8, 4) is 0 Å². The molecule has 1 aromatic heterocycles. The Bertz CT molecular complexity index is 1420. The molecule has 2 heterocycles. The van der Waals surface area contributed by atoms with Crippen molar-refractivity contribution >= 4 is 27.4 Å². The highest BCUT2D eigenvalue weighted by Gasteiger charge is 2.39. The van der Waals surface area contributed by atoms with Crippen molar-refractivity contribution < 1.29 is 26.4 Å². The number of H-pyrrole nitrogens is 1. The second kappa shape index (κ2) is 12.0. The first-order valence-electron chi connectivity index (χ1n) is 13.7. The topological polar surface area (TPSA) is 102 Å². The van der Waals surface area contributed by atoms with Crippen LogP contribution in [0.3, 0.4) is 0 Å². The van der Waals surface area contributed by atoms with Gasteiger partial charge in [0.25, 0.3) is 10.0 Å². The average molecular weight is 591 g/mol. The minimum absolute atomic E-state index is 0.0364. The Labute approximate surface area is 237 Å². The van der Waals surface area contributed by atoms with Crippen molar-refractivity contribution in [1.82, 2.24) is 20.2 Å². The molecule has 1 aliphatic carbocycles. The maximum Gasteiger partial charge on any atom is 0.417 e. The van der Waals surface area contributed by atoms with E-state index in [0.717, 1.165) is 53.9 Å². The summed E-state index contributed by atoms with van der Waals surface area (Å²) in [5.74, 6) is 0. The molecule has 3 aromatic rings. The van der Waals surface area contributed by atoms with E-state index in [1.807, 2.05) is 4.90 Å². The third-order valence-electron chi connectivity index (χ3n) is 7.63. The van der Waals surface area contributed by atoms with Gasteiger partial charge in [-0.2, -0.15) is 13.2 Å². The smallest absolute Gasteiger partial charge is 0.368 e. The lowest BCUT2D eigenvalue weighted by Gasteiger charge is -2.37. The zero-order valence-electron chi connectivity index (χ0n) is 22.5. The number of benzene rings is 2. The first kappa shape index (κ1) is 28.8. The highest BCUT2D eigenvalue weighted by molar-refractivity contribution is 7.92. The van der Waals surface area contributed by atoms with Gasteiger partial charge in [-0.3, -0.25) is 4.31 Å². The van der Waals surface area contributed by atoms with Crippen LogP contribution < -0.4 is 14.5 Å². The second-order valence-electron chi connectivity index (χ2n) is 10.4. The van der Waals surface area contributed by atoms with Crippen molar-refractivity contribution in [2.24, 2.45) is 0 Å². The predicted molar refractivity (Wildman–Crippen MR) is 149 cm³/mol. The van der Waals surface area contributed by atoms with Gasteiger partial charge in [-0.15, -0.1) is 0 Å². The normalized spacial score (nSPS) is 17.0. The van der Waals surface area contributed by atoms with Crippen molar-refractivity contribution in [2.75, 3.05) is 35.4 Å². The lowest BCUT2D eigenvalue weighted by Crippen LogP contribution is -2.53. The summed E-state index contributed by atoms with van der Waals surface area (Å²) in [6.45, 7) is 2.07. The number of aromatic nitrogens is 2. The van der Waals surface area contributed by atoms with Gasteiger partial charge in [-0.05, 0) is 49.2 Å². The molecule has 0 radical (unpaired) electrons. The zero-order valence-corrected chi connectivity index (χ0v) is 23.3. The van der Waals surface area contributed by atoms with Gasteiger partial charge in [-0.25, -0.2) is 18.2 Å². The van der Waals surface area contributed by atoms with E-state index < -0.39 is 26.7 Å². The van der Waals surface area contributed by atoms with Crippen LogP contribution in [0.25, 0.3) is 0 Å². The minimum Gasteiger partial charge on any atom is -0.368 e. The number of halogens is 3. The van der Waals surface area contributed by atoms with Gasteiger partial charge in [0.05, 0.1) is 34.7 Å². The molecule has 5 rings (SSSR count). The number of hydrogen-bond donors (Lipinski definition) is 2. The maximum atomic E-state index is 13.7. The Balaban J connectivity index is 1.32. The highest BCUT2D eigenvalue weighted by atomic mass is 32.2. The molecule has 0 unspecified atom stereocenters. The van der Waals surface area contributed by atoms with E-state index in [-0.39, 0.29) is 24.3 Å². The molecule has 2 aromatic carbocycles. The van der Waals surface area contributed by atoms with Crippen LogP contribution in [-0.2, 0) is 22.7 Å². The number of alkyl halides is 3. The molecule has 9 nitrogen and oxygen atoms in total. The molecule has 0 atom stereocenters. The monoisotopic (exact) mass is 590 g/mol. The number of carbonyl (C=O) groups is 1. The molecule has 2 N–H and O–H groups in total. The van der Waals surface area contributed by atoms with Crippen molar-refractivity contribution in [2.45, 2.75) is 55.8 Å². The first-order chi connectivity index (χ1) is 19.6. The molecular weight excluding hydrogens is 557 g/mol. The highest BCUT2D eigenvalue weighted by Crippen LogP contribution is 2.37. The molecule has 1 saturated carbocycles. The van der Waals surface area contributed by atoms with Gasteiger partial charge in [0, 0.05) is 44.1 Å². The number of piperazine rings is 1. The molecule has 13 heteroatoms. The molecular formula is C28H33F3N6O3S. The lowest BCUT2D eigenvalue weighted by molar-refractivity contribution is -0.139. The fourth-order valence-corrected chi connectivity index (χ4v) is 7.05. The summed E-state index contributed by atoms with van der Waals surface area (Å²) in [6, 6.07) is 11.0. The van der Waals surface area contributed by atoms with Gasteiger partial charge in [0.15, 0.2) is 0 Å². The van der Waals surface area contributed by atoms with Crippen molar-refractivity contribution in [3.05, 3.63) is 72.3 Å². The van der Waals surface area contributed by atoms with Crippen LogP contribution in [0.5, 0.6) is 0 Å². The number of amides is 2. The van der Waals surface area contributed by atoms with E-state index in [4.69, 9.17) is 0 Å². The van der Waals surface area contributed by atoms with Crippen LogP contribution in [0.4, 0.5) is 29.3 Å². The SMILES string of the molecule is O=C(NC1CCCCC1)N1CCN(c2ccc(N(Cc3cnc[nH]3)S(=O)(=O)c3ccccc3C(F)(F)F)cc2)CC1. The van der Waals surface area contributed by atoms with E-state index in [2.05, 4.69) is 20.2 Å². The maximum absolute atomic E-state index is 13.7. The molecule has 220 valence electrons. The quantitative estimate of drug-likeness (QED) is 0.404. The number of nitrogens with one attached hydrogen (secondary N) is 2. The van der Waals surface area contributed by atoms with Gasteiger partial charge in [0.2, 0.25) is 0 Å². The van der Waals surface area contributed by atoms with Crippen LogP contribution in [0.15, 0.2) is 66.0 Å². The summed E-state index contributed by atoms with van der Waals surface area (Å²) in [4.78, 5) is 22.5. The van der Waals surface area contributed by atoms with Crippen LogP contribution in [0.1, 0.15) is 43.4 Å². The summed E-state index contributed by atoms with van der Waals surface area (Å²) >= 11 is 0. The Morgan fingerprint density at radius 2 is 1.68 bits per heavy atom. The molecule has 1 aliphatic heterocycles. The van der Waals surface area contributed by atoms with E-state index in [1.165, 1.54) is 25.0 Å². The molecule has 0 bridgehead atoms. The molecule has 2 aliphatic rings. The number of aromatic amines is 1. The largest absolute Gasteiger partial charge is 0.417 e. The summed E-state index contributed by atoms with van der Waals surface area (Å²) in [5, 5.41) is 3.15. The second-order valence-corrected chi connectivity index (χ2v) is 12.2. The summed E-state index contributed by atoms with van der Waals surface area (Å²) in [5.41, 5.74) is 0.239. The Morgan fingerprint density at radius 1 is 1.00 bits per heavy atom. The summed E-state index contributed by atoms with van der Waals surface area (Å²) < 4.78 is 69.6. The average Bonchev–Trinajstić information content (AvgIpc) is 3.50. The Kier molecular flexibility index (Phi) is 8.43. The van der Waals surface area contributed by atoms with Crippen molar-refractivity contribution in [1.29, 1.82) is 0 Å². The number of urea groups is 1. The molecule has 2 fully saturated rings. The number of nitrogens with zero attached hydrogens (tertiary/aromatic N) is 4. The number of hydrogen-bond acceptors (Lipinski definition) is 5. The number of imidazole rings is 1. The van der Waals surface area contributed by atoms with Gasteiger partial charge in [-0.1, -0.05) is 31.4 Å². The van der Waals surface area contributed by atoms with Crippen LogP contribution in [0, 0.1) is 0 Å². The molecule has 1 saturated heterocycles. The Hall–Kier alpha value is -3.74. The minimum atomic E-state index is -4.84. The Morgan fingerprint density at radius 3 is 2.32 bits per heavy atom. The fourth-order valence-electron chi connectivity index (χ4n) is 5.40. The molecule has 2 amide bonds. The van der Waals surface area contributed by atoms with E-state index in [1.54, 1.807) is 24.3 Å². The number of anilines is 2. The van der Waals surface area contributed by atoms with Gasteiger partial charge < -0.3 is 20.1 Å². The number of rotatable bonds is 7. The number of carbonyl (C=O) groups excluding carboxylic acids is 1. The molecule has 41 heavy (non-hydrogen) atoms. The van der Waals surface area contributed by atoms with E-state index in [9.17, 15) is 26.4 Å².